The molecule has 0 spiro atoms. The first-order valence-electron chi connectivity index (χ1n) is 10.8. The van der Waals surface area contributed by atoms with Crippen LogP contribution in [0.2, 0.25) is 0 Å². The summed E-state index contributed by atoms with van der Waals surface area (Å²) in [6, 6.07) is 13.5. The largest absolute Gasteiger partial charge is 0.425 e. The van der Waals surface area contributed by atoms with E-state index in [1.54, 1.807) is 6.20 Å². The molecule has 6 aromatic rings. The zero-order valence-corrected chi connectivity index (χ0v) is 18.4. The zero-order chi connectivity index (χ0) is 23.2. The number of rotatable bonds is 5. The average molecular weight is 452 g/mol. The van der Waals surface area contributed by atoms with Gasteiger partial charge in [0.1, 0.15) is 5.69 Å². The maximum atomic E-state index is 12.4. The van der Waals surface area contributed by atoms with Crippen LogP contribution in [0.1, 0.15) is 24.3 Å². The van der Waals surface area contributed by atoms with Gasteiger partial charge < -0.3 is 20.0 Å². The molecule has 2 aromatic carbocycles. The minimum absolute atomic E-state index is 0.0525. The third-order valence-electron chi connectivity index (χ3n) is 5.45. The molecular formula is C24H20N8O2. The Morgan fingerprint density at radius 3 is 2.82 bits per heavy atom. The van der Waals surface area contributed by atoms with Crippen molar-refractivity contribution in [1.82, 2.24) is 35.5 Å². The highest BCUT2D eigenvalue weighted by molar-refractivity contribution is 5.99. The molecule has 6 rings (SSSR count). The maximum absolute atomic E-state index is 12.4. The molecule has 0 atom stereocenters. The number of carbonyl (C=O) groups excluding carboxylic acids is 1. The number of amides is 1. The Kier molecular flexibility index (Phi) is 4.51. The van der Waals surface area contributed by atoms with Crippen molar-refractivity contribution in [3.8, 4) is 11.4 Å². The highest BCUT2D eigenvalue weighted by atomic mass is 16.3. The number of H-pyrrole nitrogens is 2. The fraction of sp³-hybridized carbons (Fsp3) is 0.125. The fourth-order valence-corrected chi connectivity index (χ4v) is 3.86. The molecule has 0 fully saturated rings. The van der Waals surface area contributed by atoms with Crippen molar-refractivity contribution in [1.29, 1.82) is 0 Å². The van der Waals surface area contributed by atoms with E-state index < -0.39 is 0 Å². The third kappa shape index (κ3) is 3.51. The normalized spacial score (nSPS) is 11.6. The van der Waals surface area contributed by atoms with Gasteiger partial charge in [-0.3, -0.25) is 9.89 Å². The van der Waals surface area contributed by atoms with Crippen LogP contribution < -0.4 is 10.6 Å². The monoisotopic (exact) mass is 452 g/mol. The van der Waals surface area contributed by atoms with Gasteiger partial charge in [0.25, 0.3) is 11.6 Å². The van der Waals surface area contributed by atoms with Crippen molar-refractivity contribution in [2.45, 2.75) is 19.9 Å². The van der Waals surface area contributed by atoms with Crippen LogP contribution in [0.3, 0.4) is 0 Å². The number of fused-ring (bicyclic) bond motifs is 3. The Morgan fingerprint density at radius 2 is 1.94 bits per heavy atom. The number of anilines is 2. The molecule has 0 radical (unpaired) electrons. The number of nitrogens with one attached hydrogen (secondary N) is 4. The summed E-state index contributed by atoms with van der Waals surface area (Å²) in [6.07, 6.45) is 3.11. The first-order chi connectivity index (χ1) is 16.5. The lowest BCUT2D eigenvalue weighted by Gasteiger charge is -2.08. The van der Waals surface area contributed by atoms with Crippen LogP contribution in [-0.2, 0) is 0 Å². The summed E-state index contributed by atoms with van der Waals surface area (Å²) < 4.78 is 5.50. The van der Waals surface area contributed by atoms with Crippen LogP contribution >= 0.6 is 0 Å². The van der Waals surface area contributed by atoms with Crippen molar-refractivity contribution in [3.05, 3.63) is 60.7 Å². The van der Waals surface area contributed by atoms with Crippen molar-refractivity contribution in [3.63, 3.8) is 0 Å². The van der Waals surface area contributed by atoms with Gasteiger partial charge in [-0.15, -0.1) is 0 Å². The predicted molar refractivity (Wildman–Crippen MR) is 129 cm³/mol. The molecule has 0 unspecified atom stereocenters. The second kappa shape index (κ2) is 7.69. The summed E-state index contributed by atoms with van der Waals surface area (Å²) in [5, 5.41) is 15.1. The van der Waals surface area contributed by atoms with Crippen LogP contribution in [0.25, 0.3) is 44.4 Å². The SMILES string of the molecule is CC(C)NC(=O)c1cc2ccc(-c3nc(Nc4ccc5[nH]ncc5c4)c4ncoc4n3)cc2[nH]1. The molecule has 0 bridgehead atoms. The number of hydrogen-bond acceptors (Lipinski definition) is 7. The van der Waals surface area contributed by atoms with Crippen LogP contribution in [0.5, 0.6) is 0 Å². The molecule has 0 saturated heterocycles. The van der Waals surface area contributed by atoms with Gasteiger partial charge in [-0.1, -0.05) is 12.1 Å². The highest BCUT2D eigenvalue weighted by Gasteiger charge is 2.16. The van der Waals surface area contributed by atoms with Gasteiger partial charge in [0, 0.05) is 33.6 Å². The first kappa shape index (κ1) is 19.9. The van der Waals surface area contributed by atoms with Crippen molar-refractivity contribution in [2.24, 2.45) is 0 Å². The number of carbonyl (C=O) groups is 1. The van der Waals surface area contributed by atoms with E-state index in [4.69, 9.17) is 9.40 Å². The zero-order valence-electron chi connectivity index (χ0n) is 18.4. The van der Waals surface area contributed by atoms with E-state index in [0.717, 1.165) is 33.1 Å². The molecule has 0 saturated carbocycles. The van der Waals surface area contributed by atoms with Crippen LogP contribution in [0, 0.1) is 0 Å². The van der Waals surface area contributed by atoms with E-state index in [0.29, 0.717) is 28.6 Å². The quantitative estimate of drug-likeness (QED) is 0.302. The summed E-state index contributed by atoms with van der Waals surface area (Å²) in [5.41, 5.74) is 4.78. The van der Waals surface area contributed by atoms with Crippen molar-refractivity contribution in [2.75, 3.05) is 5.32 Å². The van der Waals surface area contributed by atoms with Crippen molar-refractivity contribution >= 4 is 50.4 Å². The van der Waals surface area contributed by atoms with Crippen LogP contribution in [0.15, 0.2) is 59.5 Å². The number of aromatic nitrogens is 6. The predicted octanol–water partition coefficient (Wildman–Crippen LogP) is 4.52. The van der Waals surface area contributed by atoms with E-state index in [1.807, 2.05) is 56.3 Å². The number of aromatic amines is 2. The van der Waals surface area contributed by atoms with Gasteiger partial charge >= 0.3 is 0 Å². The summed E-state index contributed by atoms with van der Waals surface area (Å²) in [5.74, 6) is 0.856. The van der Waals surface area contributed by atoms with Gasteiger partial charge in [0.2, 0.25) is 0 Å². The molecule has 4 aromatic heterocycles. The fourth-order valence-electron chi connectivity index (χ4n) is 3.86. The molecule has 0 aliphatic rings. The Hall–Kier alpha value is -4.73. The topological polar surface area (TPSA) is 137 Å². The average Bonchev–Trinajstić information content (AvgIpc) is 3.56. The highest BCUT2D eigenvalue weighted by Crippen LogP contribution is 2.29. The van der Waals surface area contributed by atoms with E-state index in [1.165, 1.54) is 6.39 Å². The third-order valence-corrected chi connectivity index (χ3v) is 5.45. The first-order valence-corrected chi connectivity index (χ1v) is 10.8. The standard InChI is InChI=1S/C24H20N8O2/c1-12(2)27-23(33)19-8-13-3-4-14(9-18(13)29-19)21-30-22(20-24(31-21)34-11-25-20)28-16-5-6-17-15(7-16)10-26-32-17/h3-12,29H,1-2H3,(H,26,32)(H,27,33)(H,28,30,31). The molecule has 1 amide bonds. The van der Waals surface area contributed by atoms with Crippen LogP contribution in [-0.4, -0.2) is 42.1 Å². The maximum Gasteiger partial charge on any atom is 0.267 e. The molecular weight excluding hydrogens is 432 g/mol. The Balaban J connectivity index is 1.39. The second-order valence-corrected chi connectivity index (χ2v) is 8.31. The van der Waals surface area contributed by atoms with E-state index >= 15 is 0 Å². The van der Waals surface area contributed by atoms with Gasteiger partial charge in [-0.2, -0.15) is 10.1 Å². The molecule has 0 aliphatic carbocycles. The molecule has 34 heavy (non-hydrogen) atoms. The molecule has 10 nitrogen and oxygen atoms in total. The van der Waals surface area contributed by atoms with E-state index in [2.05, 4.69) is 35.8 Å². The number of benzene rings is 2. The Morgan fingerprint density at radius 1 is 1.03 bits per heavy atom. The lowest BCUT2D eigenvalue weighted by atomic mass is 10.1. The minimum Gasteiger partial charge on any atom is -0.425 e. The second-order valence-electron chi connectivity index (χ2n) is 8.31. The van der Waals surface area contributed by atoms with Gasteiger partial charge in [0.05, 0.1) is 11.7 Å². The number of oxazole rings is 1. The summed E-state index contributed by atoms with van der Waals surface area (Å²) >= 11 is 0. The minimum atomic E-state index is -0.145. The Bertz CT molecular complexity index is 1680. The lowest BCUT2D eigenvalue weighted by Crippen LogP contribution is -2.30. The summed E-state index contributed by atoms with van der Waals surface area (Å²) in [6.45, 7) is 3.85. The van der Waals surface area contributed by atoms with Crippen LogP contribution in [0.4, 0.5) is 11.5 Å². The Labute approximate surface area is 192 Å². The van der Waals surface area contributed by atoms with E-state index in [-0.39, 0.29) is 11.9 Å². The van der Waals surface area contributed by atoms with Gasteiger partial charge in [-0.05, 0) is 44.2 Å². The molecule has 168 valence electrons. The number of nitrogens with zero attached hydrogens (tertiary/aromatic N) is 4. The lowest BCUT2D eigenvalue weighted by molar-refractivity contribution is 0.0939. The van der Waals surface area contributed by atoms with E-state index in [9.17, 15) is 4.79 Å². The van der Waals surface area contributed by atoms with Gasteiger partial charge in [0.15, 0.2) is 23.6 Å². The summed E-state index contributed by atoms with van der Waals surface area (Å²) in [4.78, 5) is 29.1. The molecule has 0 aliphatic heterocycles. The summed E-state index contributed by atoms with van der Waals surface area (Å²) in [7, 11) is 0. The molecule has 4 N–H and O–H groups in total. The molecule has 10 heteroatoms. The van der Waals surface area contributed by atoms with Crippen molar-refractivity contribution < 1.29 is 9.21 Å². The van der Waals surface area contributed by atoms with Gasteiger partial charge in [-0.25, -0.2) is 9.97 Å². The number of hydrogen-bond donors (Lipinski definition) is 4. The molecule has 4 heterocycles. The smallest absolute Gasteiger partial charge is 0.267 e.